The summed E-state index contributed by atoms with van der Waals surface area (Å²) in [5, 5.41) is 6.84. The summed E-state index contributed by atoms with van der Waals surface area (Å²) in [6, 6.07) is 4.83. The number of hydrogen-bond acceptors (Lipinski definition) is 11. The molecule has 1 saturated carbocycles. The van der Waals surface area contributed by atoms with Crippen molar-refractivity contribution in [3.8, 4) is 11.6 Å². The molecule has 1 aliphatic carbocycles. The number of alkyl carbamates (subject to hydrolysis) is 1. The maximum Gasteiger partial charge on any atom is 0.408 e. The van der Waals surface area contributed by atoms with Crippen LogP contribution in [0.1, 0.15) is 78.6 Å². The van der Waals surface area contributed by atoms with Crippen molar-refractivity contribution in [2.45, 2.75) is 114 Å². The van der Waals surface area contributed by atoms with Crippen LogP contribution in [0.25, 0.3) is 10.8 Å². The third-order valence-electron chi connectivity index (χ3n) is 9.52. The molecule has 292 valence electrons. The van der Waals surface area contributed by atoms with Crippen LogP contribution in [0, 0.1) is 5.92 Å². The number of carbonyl (C=O) groups excluding carboxylic acids is 4. The normalized spacial score (nSPS) is 25.7. The van der Waals surface area contributed by atoms with E-state index in [0.717, 1.165) is 24.6 Å². The summed E-state index contributed by atoms with van der Waals surface area (Å²) >= 11 is 0. The summed E-state index contributed by atoms with van der Waals surface area (Å²) in [6.45, 7) is 3.54. The van der Waals surface area contributed by atoms with E-state index in [9.17, 15) is 36.4 Å². The molecule has 3 N–H and O–H groups in total. The molecule has 3 fully saturated rings. The largest absolute Gasteiger partial charge is 0.497 e. The van der Waals surface area contributed by atoms with Gasteiger partial charge < -0.3 is 29.7 Å². The monoisotopic (exact) mass is 767 g/mol. The first-order valence-corrected chi connectivity index (χ1v) is 19.1. The third kappa shape index (κ3) is 10.2. The number of carbonyl (C=O) groups is 4. The first kappa shape index (κ1) is 39.9. The highest BCUT2D eigenvalue weighted by molar-refractivity contribution is 7.85. The Morgan fingerprint density at radius 1 is 1.09 bits per heavy atom. The predicted octanol–water partition coefficient (Wildman–Crippen LogP) is 3.75. The maximum atomic E-state index is 14.4. The van der Waals surface area contributed by atoms with Crippen LogP contribution in [0.5, 0.6) is 11.6 Å². The number of rotatable bonds is 9. The molecule has 0 spiro atoms. The SMILES string of the molecule is COc1ccc2c(O[C@@H]3C[C@H]4C(=O)N[C@]5(C(=O)NS(=O)(=O)OCC(F)F)C[C@@H]5CCCCCCC[C@H](NC(=O)OC(C)(C)C)C(=O)N4C3)nccc2c1. The Bertz CT molecular complexity index is 1790. The number of aromatic nitrogens is 1. The minimum Gasteiger partial charge on any atom is -0.497 e. The Morgan fingerprint density at radius 2 is 1.81 bits per heavy atom. The number of alkyl halides is 2. The molecule has 1 aromatic carbocycles. The number of fused-ring (bicyclic) bond motifs is 3. The standard InChI is InChI=1S/C35H47F2N5O10S/c1-34(2,3)52-33(46)39-26-11-9-7-5-6-8-10-22-18-35(22,32(45)41-53(47,48)50-20-28(36)37)40-29(43)27-17-24(19-42(27)31(26)44)51-30-25-13-12-23(49-4)16-21(25)14-15-38-30/h12-16,22,24,26-28H,5-11,17-20H2,1-4H3,(H,39,46)(H,40,43)(H,41,45)/t22-,24+,26-,27-,35+/m0/s1. The van der Waals surface area contributed by atoms with Crippen molar-refractivity contribution < 1.29 is 54.8 Å². The highest BCUT2D eigenvalue weighted by atomic mass is 32.2. The van der Waals surface area contributed by atoms with Gasteiger partial charge in [0.2, 0.25) is 17.7 Å². The summed E-state index contributed by atoms with van der Waals surface area (Å²) in [7, 11) is -3.38. The molecular formula is C35H47F2N5O10S. The lowest BCUT2D eigenvalue weighted by Gasteiger charge is -2.30. The van der Waals surface area contributed by atoms with Gasteiger partial charge in [0.1, 0.15) is 41.7 Å². The molecule has 3 aliphatic rings. The van der Waals surface area contributed by atoms with Crippen molar-refractivity contribution in [2.24, 2.45) is 5.92 Å². The number of ether oxygens (including phenoxy) is 3. The van der Waals surface area contributed by atoms with Crippen LogP contribution in [0.4, 0.5) is 13.6 Å². The van der Waals surface area contributed by atoms with Crippen LogP contribution in [0.15, 0.2) is 30.5 Å². The molecule has 4 amide bonds. The van der Waals surface area contributed by atoms with E-state index < -0.39 is 82.4 Å². The Kier molecular flexibility index (Phi) is 12.3. The lowest BCUT2D eigenvalue weighted by atomic mass is 10.0. The van der Waals surface area contributed by atoms with Gasteiger partial charge in [-0.15, -0.1) is 0 Å². The third-order valence-corrected chi connectivity index (χ3v) is 10.4. The van der Waals surface area contributed by atoms with Crippen LogP contribution >= 0.6 is 0 Å². The van der Waals surface area contributed by atoms with Gasteiger partial charge in [-0.25, -0.2) is 27.5 Å². The first-order valence-electron chi connectivity index (χ1n) is 17.7. The topological polar surface area (TPSA) is 192 Å². The van der Waals surface area contributed by atoms with Gasteiger partial charge in [0.25, 0.3) is 12.3 Å². The first-order chi connectivity index (χ1) is 25.0. The van der Waals surface area contributed by atoms with Crippen LogP contribution in [-0.2, 0) is 33.6 Å². The molecule has 1 aromatic heterocycles. The minimum atomic E-state index is -4.93. The van der Waals surface area contributed by atoms with Crippen molar-refractivity contribution in [3.05, 3.63) is 30.5 Å². The number of methoxy groups -OCH3 is 1. The van der Waals surface area contributed by atoms with Gasteiger partial charge in [-0.2, -0.15) is 8.42 Å². The zero-order valence-corrected chi connectivity index (χ0v) is 31.0. The van der Waals surface area contributed by atoms with Gasteiger partial charge in [0.15, 0.2) is 0 Å². The fourth-order valence-corrected chi connectivity index (χ4v) is 7.65. The molecule has 5 rings (SSSR count). The number of nitrogens with one attached hydrogen (secondary N) is 3. The molecule has 53 heavy (non-hydrogen) atoms. The Morgan fingerprint density at radius 3 is 2.51 bits per heavy atom. The van der Waals surface area contributed by atoms with E-state index in [0.29, 0.717) is 30.4 Å². The summed E-state index contributed by atoms with van der Waals surface area (Å²) < 4.78 is 73.2. The number of pyridine rings is 1. The summed E-state index contributed by atoms with van der Waals surface area (Å²) in [6.07, 6.45) is 1.22. The van der Waals surface area contributed by atoms with E-state index in [1.165, 1.54) is 4.90 Å². The quantitative estimate of drug-likeness (QED) is 0.337. The lowest BCUT2D eigenvalue weighted by molar-refractivity contribution is -0.141. The maximum absolute atomic E-state index is 14.4. The molecule has 0 bridgehead atoms. The van der Waals surface area contributed by atoms with E-state index in [2.05, 4.69) is 19.8 Å². The average Bonchev–Trinajstić information content (AvgIpc) is 3.61. The Balaban J connectivity index is 1.45. The van der Waals surface area contributed by atoms with Gasteiger partial charge in [0, 0.05) is 18.0 Å². The molecule has 18 heteroatoms. The van der Waals surface area contributed by atoms with E-state index in [1.807, 2.05) is 6.07 Å². The number of hydrogen-bond donors (Lipinski definition) is 3. The van der Waals surface area contributed by atoms with E-state index in [4.69, 9.17) is 14.2 Å². The van der Waals surface area contributed by atoms with Crippen molar-refractivity contribution in [1.29, 1.82) is 0 Å². The predicted molar refractivity (Wildman–Crippen MR) is 186 cm³/mol. The molecule has 2 aliphatic heterocycles. The molecule has 0 unspecified atom stereocenters. The number of halogens is 2. The number of benzene rings is 1. The second-order valence-electron chi connectivity index (χ2n) is 14.7. The van der Waals surface area contributed by atoms with Crippen LogP contribution in [0.3, 0.4) is 0 Å². The molecule has 0 radical (unpaired) electrons. The Labute approximate surface area is 307 Å². The van der Waals surface area contributed by atoms with Gasteiger partial charge in [0.05, 0.1) is 13.7 Å². The van der Waals surface area contributed by atoms with Gasteiger partial charge in [-0.05, 0) is 75.6 Å². The fourth-order valence-electron chi connectivity index (χ4n) is 6.90. The van der Waals surface area contributed by atoms with Gasteiger partial charge in [-0.1, -0.05) is 32.1 Å². The van der Waals surface area contributed by atoms with Crippen LogP contribution in [-0.4, -0.2) is 98.1 Å². The highest BCUT2D eigenvalue weighted by Gasteiger charge is 2.62. The smallest absolute Gasteiger partial charge is 0.408 e. The summed E-state index contributed by atoms with van der Waals surface area (Å²) in [5.74, 6) is -2.04. The van der Waals surface area contributed by atoms with Crippen molar-refractivity contribution in [3.63, 3.8) is 0 Å². The van der Waals surface area contributed by atoms with Crippen molar-refractivity contribution >= 4 is 44.9 Å². The average molecular weight is 768 g/mol. The molecule has 2 aromatic rings. The van der Waals surface area contributed by atoms with Gasteiger partial charge >= 0.3 is 16.4 Å². The summed E-state index contributed by atoms with van der Waals surface area (Å²) in [4.78, 5) is 60.7. The van der Waals surface area contributed by atoms with Crippen LogP contribution in [0.2, 0.25) is 0 Å². The van der Waals surface area contributed by atoms with Crippen molar-refractivity contribution in [2.75, 3.05) is 20.3 Å². The Hall–Kier alpha value is -4.32. The van der Waals surface area contributed by atoms with Crippen molar-refractivity contribution in [1.82, 2.24) is 25.2 Å². The van der Waals surface area contributed by atoms with Crippen LogP contribution < -0.4 is 24.8 Å². The zero-order valence-electron chi connectivity index (χ0n) is 30.2. The second-order valence-corrected chi connectivity index (χ2v) is 16.0. The second kappa shape index (κ2) is 16.4. The molecule has 15 nitrogen and oxygen atoms in total. The molecule has 5 atom stereocenters. The van der Waals surface area contributed by atoms with E-state index >= 15 is 0 Å². The summed E-state index contributed by atoms with van der Waals surface area (Å²) in [5.41, 5.74) is -2.54. The lowest BCUT2D eigenvalue weighted by Crippen LogP contribution is -2.58. The fraction of sp³-hybridized carbons (Fsp3) is 0.629. The molecule has 3 heterocycles. The number of amides is 4. The number of nitrogens with zero attached hydrogens (tertiary/aromatic N) is 2. The minimum absolute atomic E-state index is 0.0386. The molecular weight excluding hydrogens is 720 g/mol. The van der Waals surface area contributed by atoms with Gasteiger partial charge in [-0.3, -0.25) is 14.4 Å². The van der Waals surface area contributed by atoms with E-state index in [-0.39, 0.29) is 31.7 Å². The highest BCUT2D eigenvalue weighted by Crippen LogP contribution is 2.48. The molecule has 2 saturated heterocycles. The van der Waals surface area contributed by atoms with E-state index in [1.54, 1.807) is 57.0 Å². The zero-order chi connectivity index (χ0) is 38.6.